The van der Waals surface area contributed by atoms with E-state index in [1.165, 1.54) is 12.1 Å². The second kappa shape index (κ2) is 7.08. The van der Waals surface area contributed by atoms with Crippen molar-refractivity contribution in [3.63, 3.8) is 0 Å². The molecule has 1 aromatic rings. The Morgan fingerprint density at radius 1 is 1.32 bits per heavy atom. The van der Waals surface area contributed by atoms with Crippen molar-refractivity contribution in [3.8, 4) is 0 Å². The molecule has 0 aromatic heterocycles. The van der Waals surface area contributed by atoms with Crippen molar-refractivity contribution in [2.24, 2.45) is 0 Å². The van der Waals surface area contributed by atoms with E-state index in [1.807, 2.05) is 5.01 Å². The monoisotopic (exact) mass is 317 g/mol. The summed E-state index contributed by atoms with van der Waals surface area (Å²) >= 11 is 0. The maximum absolute atomic E-state index is 12.6. The van der Waals surface area contributed by atoms with Crippen molar-refractivity contribution < 1.29 is 22.7 Å². The lowest BCUT2D eigenvalue weighted by molar-refractivity contribution is -0.137. The van der Waals surface area contributed by atoms with Crippen molar-refractivity contribution in [1.82, 2.24) is 10.4 Å². The maximum atomic E-state index is 12.6. The lowest BCUT2D eigenvalue weighted by atomic mass is 10.2. The predicted octanol–water partition coefficient (Wildman–Crippen LogP) is 1.87. The molecule has 0 aliphatic carbocycles. The number of carbonyl (C=O) groups excluding carboxylic acids is 1. The van der Waals surface area contributed by atoms with Crippen LogP contribution in [0.2, 0.25) is 0 Å². The molecule has 1 aromatic carbocycles. The van der Waals surface area contributed by atoms with Gasteiger partial charge in [0, 0.05) is 18.8 Å². The molecular formula is C14H18F3N3O2. The summed E-state index contributed by atoms with van der Waals surface area (Å²) < 4.78 is 43.1. The molecule has 1 aliphatic rings. The number of morpholine rings is 1. The smallest absolute Gasteiger partial charge is 0.379 e. The van der Waals surface area contributed by atoms with Crippen LogP contribution in [0.4, 0.5) is 18.9 Å². The van der Waals surface area contributed by atoms with Crippen LogP contribution >= 0.6 is 0 Å². The number of rotatable bonds is 4. The molecule has 1 heterocycles. The first-order chi connectivity index (χ1) is 10.4. The minimum atomic E-state index is -4.43. The zero-order chi connectivity index (χ0) is 16.2. The summed E-state index contributed by atoms with van der Waals surface area (Å²) in [6, 6.07) is 4.00. The van der Waals surface area contributed by atoms with Gasteiger partial charge in [-0.3, -0.25) is 4.79 Å². The van der Waals surface area contributed by atoms with Crippen LogP contribution in [0.15, 0.2) is 24.3 Å². The Kier molecular flexibility index (Phi) is 5.38. The van der Waals surface area contributed by atoms with Crippen molar-refractivity contribution >= 4 is 11.6 Å². The number of anilines is 1. The average molecular weight is 317 g/mol. The largest absolute Gasteiger partial charge is 0.416 e. The van der Waals surface area contributed by atoms with Gasteiger partial charge in [-0.15, -0.1) is 0 Å². The summed E-state index contributed by atoms with van der Waals surface area (Å²) in [6.45, 7) is 4.12. The molecule has 0 unspecified atom stereocenters. The number of nitrogens with zero attached hydrogens (tertiary/aromatic N) is 1. The quantitative estimate of drug-likeness (QED) is 0.890. The highest BCUT2D eigenvalue weighted by atomic mass is 19.4. The summed E-state index contributed by atoms with van der Waals surface area (Å²) in [5, 5.41) is 4.35. The normalized spacial score (nSPS) is 18.0. The average Bonchev–Trinajstić information content (AvgIpc) is 2.47. The van der Waals surface area contributed by atoms with Gasteiger partial charge in [0.15, 0.2) is 0 Å². The van der Waals surface area contributed by atoms with E-state index in [-0.39, 0.29) is 5.69 Å². The van der Waals surface area contributed by atoms with Gasteiger partial charge < -0.3 is 10.1 Å². The molecule has 1 atom stereocenters. The number of nitrogens with one attached hydrogen (secondary N) is 2. The first kappa shape index (κ1) is 16.7. The number of halogens is 3. The van der Waals surface area contributed by atoms with E-state index in [2.05, 4.69) is 10.7 Å². The number of ether oxygens (including phenoxy) is 1. The number of hydrogen-bond donors (Lipinski definition) is 2. The molecular weight excluding hydrogens is 299 g/mol. The lowest BCUT2D eigenvalue weighted by Gasteiger charge is -2.29. The standard InChI is InChI=1S/C14H18F3N3O2/c1-10(19-20-5-7-22-8-6-20)13(21)18-12-4-2-3-11(9-12)14(15,16)17/h2-4,9-10,19H,5-8H2,1H3,(H,18,21)/t10-/m0/s1. The number of benzene rings is 1. The molecule has 22 heavy (non-hydrogen) atoms. The number of carbonyl (C=O) groups is 1. The Morgan fingerprint density at radius 2 is 2.00 bits per heavy atom. The number of amides is 1. The van der Waals surface area contributed by atoms with Gasteiger partial charge in [-0.1, -0.05) is 6.07 Å². The highest BCUT2D eigenvalue weighted by Crippen LogP contribution is 2.30. The first-order valence-corrected chi connectivity index (χ1v) is 6.93. The van der Waals surface area contributed by atoms with Crippen LogP contribution in [0.5, 0.6) is 0 Å². The Bertz CT molecular complexity index is 516. The molecule has 0 spiro atoms. The molecule has 2 rings (SSSR count). The lowest BCUT2D eigenvalue weighted by Crippen LogP contribution is -2.52. The molecule has 8 heteroatoms. The van der Waals surface area contributed by atoms with Crippen LogP contribution in [0, 0.1) is 0 Å². The second-order valence-corrected chi connectivity index (χ2v) is 5.02. The highest BCUT2D eigenvalue weighted by molar-refractivity contribution is 5.94. The molecule has 0 bridgehead atoms. The van der Waals surface area contributed by atoms with Gasteiger partial charge in [0.1, 0.15) is 0 Å². The fraction of sp³-hybridized carbons (Fsp3) is 0.500. The second-order valence-electron chi connectivity index (χ2n) is 5.02. The van der Waals surface area contributed by atoms with Gasteiger partial charge in [0.25, 0.3) is 0 Å². The van der Waals surface area contributed by atoms with Crippen molar-refractivity contribution in [2.45, 2.75) is 19.1 Å². The fourth-order valence-electron chi connectivity index (χ4n) is 2.05. The number of alkyl halides is 3. The molecule has 1 saturated heterocycles. The summed E-state index contributed by atoms with van der Waals surface area (Å²) in [5.74, 6) is -0.397. The zero-order valence-corrected chi connectivity index (χ0v) is 12.1. The zero-order valence-electron chi connectivity index (χ0n) is 12.1. The van der Waals surface area contributed by atoms with Gasteiger partial charge in [-0.05, 0) is 25.1 Å². The molecule has 0 radical (unpaired) electrons. The minimum absolute atomic E-state index is 0.121. The summed E-state index contributed by atoms with van der Waals surface area (Å²) in [7, 11) is 0. The van der Waals surface area contributed by atoms with E-state index in [1.54, 1.807) is 6.92 Å². The van der Waals surface area contributed by atoms with Crippen LogP contribution in [0.3, 0.4) is 0 Å². The number of hydrogen-bond acceptors (Lipinski definition) is 4. The molecule has 1 amide bonds. The summed E-state index contributed by atoms with van der Waals surface area (Å²) in [4.78, 5) is 12.0. The van der Waals surface area contributed by atoms with Gasteiger partial charge >= 0.3 is 6.18 Å². The first-order valence-electron chi connectivity index (χ1n) is 6.93. The third-order valence-electron chi connectivity index (χ3n) is 3.24. The molecule has 0 saturated carbocycles. The predicted molar refractivity (Wildman–Crippen MR) is 75.1 cm³/mol. The molecule has 1 aliphatic heterocycles. The van der Waals surface area contributed by atoms with E-state index < -0.39 is 23.7 Å². The van der Waals surface area contributed by atoms with Crippen molar-refractivity contribution in [2.75, 3.05) is 31.6 Å². The van der Waals surface area contributed by atoms with E-state index in [0.29, 0.717) is 26.3 Å². The molecule has 1 fully saturated rings. The SMILES string of the molecule is C[C@H](NN1CCOCC1)C(=O)Nc1cccc(C(F)(F)F)c1. The van der Waals surface area contributed by atoms with Gasteiger partial charge in [-0.25, -0.2) is 10.4 Å². The molecule has 122 valence electrons. The van der Waals surface area contributed by atoms with E-state index in [0.717, 1.165) is 12.1 Å². The Labute approximate surface area is 126 Å². The van der Waals surface area contributed by atoms with Gasteiger partial charge in [0.2, 0.25) is 5.91 Å². The van der Waals surface area contributed by atoms with Gasteiger partial charge in [-0.2, -0.15) is 13.2 Å². The number of hydrazine groups is 1. The van der Waals surface area contributed by atoms with Crippen LogP contribution in [-0.2, 0) is 15.7 Å². The third kappa shape index (κ3) is 4.69. The van der Waals surface area contributed by atoms with E-state index >= 15 is 0 Å². The van der Waals surface area contributed by atoms with Crippen LogP contribution in [0.1, 0.15) is 12.5 Å². The Morgan fingerprint density at radius 3 is 2.64 bits per heavy atom. The van der Waals surface area contributed by atoms with Crippen LogP contribution in [-0.4, -0.2) is 43.3 Å². The Balaban J connectivity index is 1.93. The van der Waals surface area contributed by atoms with Gasteiger partial charge in [0.05, 0.1) is 24.8 Å². The van der Waals surface area contributed by atoms with Crippen molar-refractivity contribution in [3.05, 3.63) is 29.8 Å². The highest BCUT2D eigenvalue weighted by Gasteiger charge is 2.30. The van der Waals surface area contributed by atoms with E-state index in [9.17, 15) is 18.0 Å². The minimum Gasteiger partial charge on any atom is -0.379 e. The van der Waals surface area contributed by atoms with Crippen LogP contribution < -0.4 is 10.7 Å². The maximum Gasteiger partial charge on any atom is 0.416 e. The topological polar surface area (TPSA) is 53.6 Å². The van der Waals surface area contributed by atoms with Crippen LogP contribution in [0.25, 0.3) is 0 Å². The summed E-state index contributed by atoms with van der Waals surface area (Å²) in [6.07, 6.45) is -4.43. The molecule has 5 nitrogen and oxygen atoms in total. The molecule has 2 N–H and O–H groups in total. The summed E-state index contributed by atoms with van der Waals surface area (Å²) in [5.41, 5.74) is 2.33. The van der Waals surface area contributed by atoms with E-state index in [4.69, 9.17) is 4.74 Å². The van der Waals surface area contributed by atoms with Crippen molar-refractivity contribution in [1.29, 1.82) is 0 Å². The fourth-order valence-corrected chi connectivity index (χ4v) is 2.05. The third-order valence-corrected chi connectivity index (χ3v) is 3.24. The Hall–Kier alpha value is -1.64.